The molecule has 0 aliphatic carbocycles. The van der Waals surface area contributed by atoms with Gasteiger partial charge < -0.3 is 14.0 Å². The van der Waals surface area contributed by atoms with Gasteiger partial charge in [0.1, 0.15) is 5.82 Å². The summed E-state index contributed by atoms with van der Waals surface area (Å²) in [6.45, 7) is 6.23. The number of carbonyl (C=O) groups excluding carboxylic acids is 2. The van der Waals surface area contributed by atoms with Crippen molar-refractivity contribution in [2.75, 3.05) is 13.2 Å². The number of ether oxygens (including phenoxy) is 2. The molecule has 0 unspecified atom stereocenters. The summed E-state index contributed by atoms with van der Waals surface area (Å²) in [4.78, 5) is 44.3. The van der Waals surface area contributed by atoms with Crippen LogP contribution >= 0.6 is 11.3 Å². The second-order valence-corrected chi connectivity index (χ2v) is 11.5. The Morgan fingerprint density at radius 2 is 1.64 bits per heavy atom. The van der Waals surface area contributed by atoms with E-state index >= 15 is 0 Å². The molecular formula is C35H30FN3O5S. The van der Waals surface area contributed by atoms with Crippen LogP contribution in [0, 0.1) is 5.82 Å². The van der Waals surface area contributed by atoms with Crippen molar-refractivity contribution in [2.45, 2.75) is 33.4 Å². The van der Waals surface area contributed by atoms with E-state index in [-0.39, 0.29) is 23.7 Å². The fourth-order valence-electron chi connectivity index (χ4n) is 5.57. The third-order valence-corrected chi connectivity index (χ3v) is 8.61. The Balaban J connectivity index is 1.44. The number of esters is 2. The molecule has 228 valence electrons. The largest absolute Gasteiger partial charge is 0.463 e. The topological polar surface area (TPSA) is 91.9 Å². The fourth-order valence-corrected chi connectivity index (χ4v) is 6.61. The Morgan fingerprint density at radius 1 is 0.956 bits per heavy atom. The lowest BCUT2D eigenvalue weighted by Gasteiger charge is -2.24. The fraction of sp³-hybridized carbons (Fsp3) is 0.200. The summed E-state index contributed by atoms with van der Waals surface area (Å²) in [7, 11) is 0. The Morgan fingerprint density at radius 3 is 2.36 bits per heavy atom. The molecule has 8 nitrogen and oxygen atoms in total. The first kappa shape index (κ1) is 30.0. The van der Waals surface area contributed by atoms with Gasteiger partial charge in [-0.2, -0.15) is 0 Å². The highest BCUT2D eigenvalue weighted by Gasteiger charge is 2.33. The molecule has 3 heterocycles. The minimum absolute atomic E-state index is 0.162. The summed E-state index contributed by atoms with van der Waals surface area (Å²) in [6, 6.07) is 20.2. The molecule has 0 spiro atoms. The number of nitrogens with zero attached hydrogens (tertiary/aromatic N) is 3. The van der Waals surface area contributed by atoms with Gasteiger partial charge in [-0.25, -0.2) is 19.0 Å². The van der Waals surface area contributed by atoms with Crippen molar-refractivity contribution < 1.29 is 23.5 Å². The number of hydrogen-bond acceptors (Lipinski definition) is 7. The van der Waals surface area contributed by atoms with Crippen LogP contribution in [0.3, 0.4) is 0 Å². The van der Waals surface area contributed by atoms with Crippen LogP contribution < -0.4 is 14.9 Å². The molecule has 3 aromatic carbocycles. The van der Waals surface area contributed by atoms with Gasteiger partial charge in [0.15, 0.2) is 4.80 Å². The summed E-state index contributed by atoms with van der Waals surface area (Å²) in [6.07, 6.45) is 3.84. The van der Waals surface area contributed by atoms with Crippen molar-refractivity contribution in [3.63, 3.8) is 0 Å². The molecule has 1 aliphatic rings. The molecule has 6 rings (SSSR count). The highest BCUT2D eigenvalue weighted by molar-refractivity contribution is 7.07. The Labute approximate surface area is 262 Å². The van der Waals surface area contributed by atoms with E-state index in [9.17, 15) is 18.8 Å². The second kappa shape index (κ2) is 12.5. The van der Waals surface area contributed by atoms with Crippen LogP contribution in [0.5, 0.6) is 0 Å². The van der Waals surface area contributed by atoms with Gasteiger partial charge in [-0.15, -0.1) is 0 Å². The minimum atomic E-state index is -0.818. The average molecular weight is 624 g/mol. The molecule has 10 heteroatoms. The number of fused-ring (bicyclic) bond motifs is 2. The van der Waals surface area contributed by atoms with Crippen molar-refractivity contribution in [2.24, 2.45) is 4.99 Å². The predicted octanol–water partition coefficient (Wildman–Crippen LogP) is 5.12. The number of rotatable bonds is 8. The van der Waals surface area contributed by atoms with Crippen LogP contribution in [-0.2, 0) is 20.8 Å². The first-order chi connectivity index (χ1) is 21.8. The quantitative estimate of drug-likeness (QED) is 0.224. The Bertz CT molecular complexity index is 2140. The maximum Gasteiger partial charge on any atom is 0.338 e. The zero-order chi connectivity index (χ0) is 31.7. The van der Waals surface area contributed by atoms with Crippen molar-refractivity contribution in [3.05, 3.63) is 138 Å². The maximum absolute atomic E-state index is 14.1. The van der Waals surface area contributed by atoms with Gasteiger partial charge in [0.25, 0.3) is 5.56 Å². The van der Waals surface area contributed by atoms with Gasteiger partial charge in [0.2, 0.25) is 0 Å². The molecule has 0 fully saturated rings. The molecule has 0 saturated heterocycles. The molecule has 45 heavy (non-hydrogen) atoms. The normalized spacial score (nSPS) is 14.8. The van der Waals surface area contributed by atoms with Crippen LogP contribution in [-0.4, -0.2) is 34.3 Å². The van der Waals surface area contributed by atoms with Crippen molar-refractivity contribution in [1.82, 2.24) is 9.13 Å². The number of halogens is 1. The van der Waals surface area contributed by atoms with Gasteiger partial charge in [-0.1, -0.05) is 53.8 Å². The predicted molar refractivity (Wildman–Crippen MR) is 170 cm³/mol. The molecule has 0 bridgehead atoms. The van der Waals surface area contributed by atoms with E-state index in [1.165, 1.54) is 28.0 Å². The average Bonchev–Trinajstić information content (AvgIpc) is 3.53. The first-order valence-corrected chi connectivity index (χ1v) is 15.4. The van der Waals surface area contributed by atoms with Gasteiger partial charge >= 0.3 is 11.9 Å². The number of benzene rings is 3. The monoisotopic (exact) mass is 623 g/mol. The highest BCUT2D eigenvalue weighted by atomic mass is 32.1. The van der Waals surface area contributed by atoms with E-state index in [1.54, 1.807) is 45.0 Å². The number of aromatic nitrogens is 2. The van der Waals surface area contributed by atoms with Crippen molar-refractivity contribution in [3.8, 4) is 0 Å². The number of thiazole rings is 1. The third kappa shape index (κ3) is 5.76. The summed E-state index contributed by atoms with van der Waals surface area (Å²) in [5, 5.41) is 0.963. The SMILES string of the molecule is CCOC(=O)C1=C(C)N=c2s/c(=C\c3cn(Cc4ccc(C(=O)OCC)cc4)c4ccccc34)c(=O)n2[C@@H]1c1ccc(F)cc1. The summed E-state index contributed by atoms with van der Waals surface area (Å²) in [5.41, 5.74) is 4.27. The van der Waals surface area contributed by atoms with E-state index in [2.05, 4.69) is 9.56 Å². The Kier molecular flexibility index (Phi) is 8.32. The molecule has 1 aliphatic heterocycles. The van der Waals surface area contributed by atoms with Gasteiger partial charge in [0.05, 0.1) is 40.6 Å². The van der Waals surface area contributed by atoms with E-state index in [0.717, 1.165) is 22.0 Å². The van der Waals surface area contributed by atoms with Crippen LogP contribution in [0.15, 0.2) is 100 Å². The lowest BCUT2D eigenvalue weighted by Crippen LogP contribution is -2.39. The third-order valence-electron chi connectivity index (χ3n) is 7.63. The number of allylic oxidation sites excluding steroid dienone is 1. The number of carbonyl (C=O) groups is 2. The summed E-state index contributed by atoms with van der Waals surface area (Å²) in [5.74, 6) is -1.35. The van der Waals surface area contributed by atoms with E-state index in [0.29, 0.717) is 39.3 Å². The molecular weight excluding hydrogens is 593 g/mol. The minimum Gasteiger partial charge on any atom is -0.463 e. The molecule has 0 saturated carbocycles. The highest BCUT2D eigenvalue weighted by Crippen LogP contribution is 2.31. The van der Waals surface area contributed by atoms with Gasteiger partial charge in [0, 0.05) is 29.2 Å². The standard InChI is InChI=1S/C35H30FN3O5S/c1-4-43-33(41)24-12-10-22(11-13-24)19-38-20-25(27-8-6-7-9-28(27)38)18-29-32(40)39-31(23-14-16-26(36)17-15-23)30(34(42)44-5-2)21(3)37-35(39)45-29/h6-18,20,31H,4-5,19H2,1-3H3/b29-18-/t31-/m1/s1. The lowest BCUT2D eigenvalue weighted by atomic mass is 9.96. The molecule has 0 amide bonds. The zero-order valence-electron chi connectivity index (χ0n) is 25.0. The van der Waals surface area contributed by atoms with Gasteiger partial charge in [-0.05, 0) is 68.3 Å². The molecule has 0 radical (unpaired) electrons. The Hall–Kier alpha value is -5.09. The van der Waals surface area contributed by atoms with Crippen molar-refractivity contribution in [1.29, 1.82) is 0 Å². The second-order valence-electron chi connectivity index (χ2n) is 10.5. The maximum atomic E-state index is 14.1. The molecule has 1 atom stereocenters. The van der Waals surface area contributed by atoms with Crippen LogP contribution in [0.4, 0.5) is 4.39 Å². The van der Waals surface area contributed by atoms with Crippen LogP contribution in [0.1, 0.15) is 53.9 Å². The number of para-hydroxylation sites is 1. The van der Waals surface area contributed by atoms with E-state index < -0.39 is 17.8 Å². The smallest absolute Gasteiger partial charge is 0.338 e. The van der Waals surface area contributed by atoms with Crippen molar-refractivity contribution >= 4 is 40.3 Å². The van der Waals surface area contributed by atoms with E-state index in [1.807, 2.05) is 48.7 Å². The molecule has 5 aromatic rings. The van der Waals surface area contributed by atoms with E-state index in [4.69, 9.17) is 9.47 Å². The summed E-state index contributed by atoms with van der Waals surface area (Å²) < 4.78 is 28.3. The lowest BCUT2D eigenvalue weighted by molar-refractivity contribution is -0.139. The summed E-state index contributed by atoms with van der Waals surface area (Å²) >= 11 is 1.23. The van der Waals surface area contributed by atoms with Gasteiger partial charge in [-0.3, -0.25) is 9.36 Å². The first-order valence-electron chi connectivity index (χ1n) is 14.6. The number of hydrogen-bond donors (Lipinski definition) is 0. The van der Waals surface area contributed by atoms with Crippen LogP contribution in [0.2, 0.25) is 0 Å². The zero-order valence-corrected chi connectivity index (χ0v) is 25.8. The van der Waals surface area contributed by atoms with Crippen LogP contribution in [0.25, 0.3) is 17.0 Å². The molecule has 2 aromatic heterocycles. The molecule has 0 N–H and O–H groups in total.